The SMILES string of the molecule is O=C(Nc1cccc(C(F)(F)F)c1)Nc1ccc(-c2ccc(-c3nc(Cl)c(Cl)[nH]3)c3c2CNC3=O)c(F)c1. The highest BCUT2D eigenvalue weighted by Crippen LogP contribution is 2.38. The number of benzene rings is 3. The summed E-state index contributed by atoms with van der Waals surface area (Å²) in [7, 11) is 0. The maximum atomic E-state index is 15.2. The molecule has 1 aliphatic rings. The first-order valence-electron chi connectivity index (χ1n) is 10.9. The topological polar surface area (TPSA) is 98.9 Å². The molecule has 2 heterocycles. The van der Waals surface area contributed by atoms with Crippen molar-refractivity contribution in [3.05, 3.63) is 87.4 Å². The number of anilines is 2. The van der Waals surface area contributed by atoms with Crippen LogP contribution < -0.4 is 16.0 Å². The van der Waals surface area contributed by atoms with E-state index in [1.165, 1.54) is 18.2 Å². The van der Waals surface area contributed by atoms with Gasteiger partial charge in [-0.15, -0.1) is 0 Å². The van der Waals surface area contributed by atoms with Gasteiger partial charge in [-0.1, -0.05) is 35.3 Å². The quantitative estimate of drug-likeness (QED) is 0.199. The number of halogens is 6. The summed E-state index contributed by atoms with van der Waals surface area (Å²) in [4.78, 5) is 31.8. The lowest BCUT2D eigenvalue weighted by Gasteiger charge is -2.13. The minimum atomic E-state index is -4.57. The number of imidazole rings is 1. The Morgan fingerprint density at radius 2 is 1.63 bits per heavy atom. The van der Waals surface area contributed by atoms with Crippen molar-refractivity contribution in [2.24, 2.45) is 0 Å². The summed E-state index contributed by atoms with van der Waals surface area (Å²) in [6, 6.07) is 10.4. The van der Waals surface area contributed by atoms with Gasteiger partial charge in [-0.3, -0.25) is 4.79 Å². The molecule has 38 heavy (non-hydrogen) atoms. The van der Waals surface area contributed by atoms with Gasteiger partial charge in [0.2, 0.25) is 0 Å². The molecule has 7 nitrogen and oxygen atoms in total. The zero-order chi connectivity index (χ0) is 27.2. The average molecular weight is 564 g/mol. The number of nitrogens with one attached hydrogen (secondary N) is 4. The molecule has 0 unspecified atom stereocenters. The Labute approximate surface area is 222 Å². The van der Waals surface area contributed by atoms with E-state index in [2.05, 4.69) is 25.9 Å². The van der Waals surface area contributed by atoms with E-state index >= 15 is 4.39 Å². The van der Waals surface area contributed by atoms with Crippen molar-refractivity contribution in [2.75, 3.05) is 10.6 Å². The molecule has 5 rings (SSSR count). The number of rotatable bonds is 4. The minimum absolute atomic E-state index is 0.0455. The van der Waals surface area contributed by atoms with Crippen LogP contribution in [0.4, 0.5) is 33.7 Å². The van der Waals surface area contributed by atoms with Crippen LogP contribution in [0.25, 0.3) is 22.5 Å². The van der Waals surface area contributed by atoms with Gasteiger partial charge >= 0.3 is 12.2 Å². The molecule has 1 aliphatic heterocycles. The number of alkyl halides is 3. The van der Waals surface area contributed by atoms with E-state index in [0.717, 1.165) is 24.3 Å². The van der Waals surface area contributed by atoms with Gasteiger partial charge in [0.25, 0.3) is 5.91 Å². The van der Waals surface area contributed by atoms with Crippen LogP contribution in [0.5, 0.6) is 0 Å². The molecule has 4 aromatic rings. The number of hydrogen-bond donors (Lipinski definition) is 4. The van der Waals surface area contributed by atoms with Crippen LogP contribution in [0.15, 0.2) is 54.6 Å². The molecule has 0 fully saturated rings. The van der Waals surface area contributed by atoms with Crippen LogP contribution in [0, 0.1) is 5.82 Å². The smallest absolute Gasteiger partial charge is 0.348 e. The van der Waals surface area contributed by atoms with Crippen LogP contribution >= 0.6 is 23.2 Å². The summed E-state index contributed by atoms with van der Waals surface area (Å²) in [5.41, 5.74) is 0.962. The summed E-state index contributed by atoms with van der Waals surface area (Å²) in [6.45, 7) is 0.151. The van der Waals surface area contributed by atoms with Gasteiger partial charge < -0.3 is 20.9 Å². The fourth-order valence-electron chi connectivity index (χ4n) is 4.13. The van der Waals surface area contributed by atoms with Crippen molar-refractivity contribution in [2.45, 2.75) is 12.7 Å². The van der Waals surface area contributed by atoms with Crippen molar-refractivity contribution >= 4 is 46.5 Å². The molecule has 0 radical (unpaired) electrons. The number of carbonyl (C=O) groups excluding carboxylic acids is 2. The third kappa shape index (κ3) is 4.90. The second-order valence-corrected chi connectivity index (χ2v) is 8.98. The summed E-state index contributed by atoms with van der Waals surface area (Å²) in [6.07, 6.45) is -4.57. The Morgan fingerprint density at radius 1 is 0.947 bits per heavy atom. The number of nitrogens with zero attached hydrogens (tertiary/aromatic N) is 1. The highest BCUT2D eigenvalue weighted by Gasteiger charge is 2.31. The molecule has 0 atom stereocenters. The Hall–Kier alpha value is -4.09. The molecule has 0 bridgehead atoms. The summed E-state index contributed by atoms with van der Waals surface area (Å²) < 4.78 is 53.9. The van der Waals surface area contributed by atoms with Gasteiger partial charge in [-0.05, 0) is 53.6 Å². The average Bonchev–Trinajstić information content (AvgIpc) is 3.40. The van der Waals surface area contributed by atoms with E-state index in [4.69, 9.17) is 23.2 Å². The predicted octanol–water partition coefficient (Wildman–Crippen LogP) is 7.10. The fourth-order valence-corrected chi connectivity index (χ4v) is 4.40. The van der Waals surface area contributed by atoms with Gasteiger partial charge in [0.05, 0.1) is 11.1 Å². The fraction of sp³-hybridized carbons (Fsp3) is 0.0800. The van der Waals surface area contributed by atoms with Crippen molar-refractivity contribution in [3.8, 4) is 22.5 Å². The van der Waals surface area contributed by atoms with Crippen molar-refractivity contribution in [1.82, 2.24) is 15.3 Å². The van der Waals surface area contributed by atoms with Crippen LogP contribution in [0.2, 0.25) is 10.3 Å². The molecule has 0 saturated heterocycles. The number of aromatic nitrogens is 2. The van der Waals surface area contributed by atoms with E-state index in [1.807, 2.05) is 0 Å². The maximum absolute atomic E-state index is 15.2. The number of amides is 3. The van der Waals surface area contributed by atoms with Crippen molar-refractivity contribution in [1.29, 1.82) is 0 Å². The number of hydrogen-bond acceptors (Lipinski definition) is 3. The number of urea groups is 1. The normalized spacial score (nSPS) is 12.7. The zero-order valence-corrected chi connectivity index (χ0v) is 20.4. The standard InChI is InChI=1S/C25H15Cl2F4N5O2/c26-20-21(27)36-22(35-20)16-7-6-14(17-10-32-23(37)19(16)17)15-5-4-13(9-18(15)28)34-24(38)33-12-3-1-2-11(8-12)25(29,30)31/h1-9H,10H2,(H,32,37)(H,35,36)(H2,33,34,38). The summed E-state index contributed by atoms with van der Waals surface area (Å²) >= 11 is 11.9. The monoisotopic (exact) mass is 563 g/mol. The number of fused-ring (bicyclic) bond motifs is 1. The lowest BCUT2D eigenvalue weighted by Crippen LogP contribution is -2.20. The Bertz CT molecular complexity index is 1580. The van der Waals surface area contributed by atoms with Gasteiger partial charge in [0.15, 0.2) is 5.15 Å². The molecule has 4 N–H and O–H groups in total. The first kappa shape index (κ1) is 25.6. The largest absolute Gasteiger partial charge is 0.416 e. The Balaban J connectivity index is 1.39. The van der Waals surface area contributed by atoms with Gasteiger partial charge in [-0.25, -0.2) is 14.2 Å². The second kappa shape index (κ2) is 9.66. The Kier molecular flexibility index (Phi) is 6.49. The molecule has 13 heteroatoms. The van der Waals surface area contributed by atoms with Gasteiger partial charge in [0, 0.05) is 29.0 Å². The van der Waals surface area contributed by atoms with E-state index < -0.39 is 23.6 Å². The summed E-state index contributed by atoms with van der Waals surface area (Å²) in [5.74, 6) is -0.780. The van der Waals surface area contributed by atoms with Crippen LogP contribution in [0.3, 0.4) is 0 Å². The lowest BCUT2D eigenvalue weighted by molar-refractivity contribution is -0.137. The third-order valence-corrected chi connectivity index (χ3v) is 6.45. The first-order valence-corrected chi connectivity index (χ1v) is 11.7. The molecule has 0 aliphatic carbocycles. The van der Waals surface area contributed by atoms with Crippen LogP contribution in [-0.4, -0.2) is 21.9 Å². The highest BCUT2D eigenvalue weighted by molar-refractivity contribution is 6.40. The molecule has 0 saturated carbocycles. The van der Waals surface area contributed by atoms with E-state index in [9.17, 15) is 22.8 Å². The van der Waals surface area contributed by atoms with E-state index in [1.54, 1.807) is 12.1 Å². The Morgan fingerprint density at radius 3 is 2.29 bits per heavy atom. The molecule has 3 aromatic carbocycles. The van der Waals surface area contributed by atoms with Crippen molar-refractivity contribution in [3.63, 3.8) is 0 Å². The van der Waals surface area contributed by atoms with Crippen molar-refractivity contribution < 1.29 is 27.2 Å². The molecular formula is C25H15Cl2F4N5O2. The van der Waals surface area contributed by atoms with E-state index in [0.29, 0.717) is 22.3 Å². The zero-order valence-electron chi connectivity index (χ0n) is 18.9. The molecule has 1 aromatic heterocycles. The number of H-pyrrole nitrogens is 1. The molecular weight excluding hydrogens is 549 g/mol. The molecule has 194 valence electrons. The number of aromatic amines is 1. The van der Waals surface area contributed by atoms with Crippen LogP contribution in [-0.2, 0) is 12.7 Å². The highest BCUT2D eigenvalue weighted by atomic mass is 35.5. The number of carbonyl (C=O) groups is 2. The van der Waals surface area contributed by atoms with E-state index in [-0.39, 0.29) is 45.5 Å². The molecule has 0 spiro atoms. The maximum Gasteiger partial charge on any atom is 0.416 e. The minimum Gasteiger partial charge on any atom is -0.348 e. The lowest BCUT2D eigenvalue weighted by atomic mass is 9.92. The first-order chi connectivity index (χ1) is 18.0. The predicted molar refractivity (Wildman–Crippen MR) is 135 cm³/mol. The molecule has 3 amide bonds. The third-order valence-electron chi connectivity index (χ3n) is 5.80. The second-order valence-electron chi connectivity index (χ2n) is 8.24. The van der Waals surface area contributed by atoms with Gasteiger partial charge in [0.1, 0.15) is 16.8 Å². The summed E-state index contributed by atoms with van der Waals surface area (Å²) in [5, 5.41) is 7.56. The van der Waals surface area contributed by atoms with Gasteiger partial charge in [-0.2, -0.15) is 13.2 Å². The van der Waals surface area contributed by atoms with Crippen LogP contribution in [0.1, 0.15) is 21.5 Å².